The molecule has 1 saturated carbocycles. The average Bonchev–Trinajstić information content (AvgIpc) is 3.06. The van der Waals surface area contributed by atoms with Gasteiger partial charge in [-0.05, 0) is 31.0 Å². The zero-order valence-corrected chi connectivity index (χ0v) is 16.5. The van der Waals surface area contributed by atoms with Gasteiger partial charge < -0.3 is 21.5 Å². The van der Waals surface area contributed by atoms with Crippen LogP contribution in [-0.2, 0) is 7.05 Å². The van der Waals surface area contributed by atoms with Gasteiger partial charge in [0.15, 0.2) is 17.0 Å². The summed E-state index contributed by atoms with van der Waals surface area (Å²) in [5.41, 5.74) is 7.76. The zero-order chi connectivity index (χ0) is 20.5. The van der Waals surface area contributed by atoms with Crippen molar-refractivity contribution in [2.75, 3.05) is 10.6 Å². The van der Waals surface area contributed by atoms with Crippen LogP contribution in [0.4, 0.5) is 17.5 Å². The number of anilines is 3. The molecule has 0 amide bonds. The van der Waals surface area contributed by atoms with Crippen molar-refractivity contribution in [2.24, 2.45) is 12.8 Å². The number of carbonyl (C=O) groups is 1. The molecular formula is C18H21ClN8O2. The van der Waals surface area contributed by atoms with Crippen LogP contribution in [0.1, 0.15) is 36.0 Å². The molecule has 5 N–H and O–H groups in total. The Hall–Kier alpha value is -2.98. The minimum atomic E-state index is -1.11. The van der Waals surface area contributed by atoms with E-state index in [2.05, 4.69) is 30.9 Å². The fourth-order valence-corrected chi connectivity index (χ4v) is 3.67. The van der Waals surface area contributed by atoms with Gasteiger partial charge in [-0.1, -0.05) is 29.7 Å². The molecule has 0 radical (unpaired) electrons. The molecule has 1 fully saturated rings. The highest BCUT2D eigenvalue weighted by molar-refractivity contribution is 6.33. The second-order valence-corrected chi connectivity index (χ2v) is 7.51. The Balaban J connectivity index is 1.70. The van der Waals surface area contributed by atoms with Gasteiger partial charge in [0, 0.05) is 24.8 Å². The van der Waals surface area contributed by atoms with Gasteiger partial charge in [-0.3, -0.25) is 0 Å². The van der Waals surface area contributed by atoms with Gasteiger partial charge in [0.25, 0.3) is 0 Å². The average molecular weight is 417 g/mol. The van der Waals surface area contributed by atoms with Gasteiger partial charge in [0.05, 0.1) is 10.6 Å². The third-order valence-electron chi connectivity index (χ3n) is 5.04. The van der Waals surface area contributed by atoms with Crippen molar-refractivity contribution in [2.45, 2.75) is 37.8 Å². The van der Waals surface area contributed by atoms with Crippen LogP contribution in [0.25, 0.3) is 11.2 Å². The molecule has 0 bridgehead atoms. The molecule has 2 unspecified atom stereocenters. The van der Waals surface area contributed by atoms with Crippen LogP contribution in [0.5, 0.6) is 0 Å². The molecular weight excluding hydrogens is 396 g/mol. The number of aromatic carboxylic acids is 1. The number of carboxylic acids is 1. The minimum absolute atomic E-state index is 0.00681. The molecule has 3 aromatic rings. The first-order valence-corrected chi connectivity index (χ1v) is 9.69. The molecule has 2 aromatic heterocycles. The lowest BCUT2D eigenvalue weighted by atomic mass is 9.91. The van der Waals surface area contributed by atoms with Crippen molar-refractivity contribution in [3.63, 3.8) is 0 Å². The van der Waals surface area contributed by atoms with E-state index in [9.17, 15) is 9.90 Å². The van der Waals surface area contributed by atoms with Crippen molar-refractivity contribution >= 4 is 46.2 Å². The molecule has 2 atom stereocenters. The van der Waals surface area contributed by atoms with E-state index in [1.54, 1.807) is 17.8 Å². The maximum atomic E-state index is 11.4. The van der Waals surface area contributed by atoms with E-state index in [-0.39, 0.29) is 22.7 Å². The Morgan fingerprint density at radius 2 is 2.10 bits per heavy atom. The summed E-state index contributed by atoms with van der Waals surface area (Å²) >= 11 is 5.96. The second-order valence-electron chi connectivity index (χ2n) is 7.11. The molecule has 1 aliphatic rings. The van der Waals surface area contributed by atoms with E-state index in [0.29, 0.717) is 28.6 Å². The van der Waals surface area contributed by atoms with E-state index in [0.717, 1.165) is 25.7 Å². The number of aromatic nitrogens is 5. The largest absolute Gasteiger partial charge is 0.478 e. The topological polar surface area (TPSA) is 144 Å². The number of halogens is 1. The molecule has 0 spiro atoms. The summed E-state index contributed by atoms with van der Waals surface area (Å²) in [4.78, 5) is 20.4. The number of hydrogen-bond donors (Lipinski definition) is 4. The quantitative estimate of drug-likeness (QED) is 0.493. The van der Waals surface area contributed by atoms with E-state index in [4.69, 9.17) is 17.3 Å². The van der Waals surface area contributed by atoms with Gasteiger partial charge in [-0.2, -0.15) is 9.97 Å². The molecule has 10 nitrogen and oxygen atoms in total. The van der Waals surface area contributed by atoms with Crippen LogP contribution in [0.2, 0.25) is 5.02 Å². The summed E-state index contributed by atoms with van der Waals surface area (Å²) in [6.07, 6.45) is 4.14. The van der Waals surface area contributed by atoms with Crippen LogP contribution in [0, 0.1) is 0 Å². The number of fused-ring (bicyclic) bond motifs is 1. The summed E-state index contributed by atoms with van der Waals surface area (Å²) in [7, 11) is 1.74. The molecule has 11 heteroatoms. The highest BCUT2D eigenvalue weighted by Crippen LogP contribution is 2.27. The summed E-state index contributed by atoms with van der Waals surface area (Å²) < 4.78 is 1.55. The fraction of sp³-hybridized carbons (Fsp3) is 0.389. The van der Waals surface area contributed by atoms with Gasteiger partial charge in [-0.15, -0.1) is 5.10 Å². The normalized spacial score (nSPS) is 19.3. The Morgan fingerprint density at radius 1 is 1.31 bits per heavy atom. The van der Waals surface area contributed by atoms with Crippen molar-refractivity contribution in [1.82, 2.24) is 25.0 Å². The molecule has 0 aliphatic heterocycles. The Kier molecular flexibility index (Phi) is 5.20. The van der Waals surface area contributed by atoms with Crippen molar-refractivity contribution < 1.29 is 9.90 Å². The standard InChI is InChI=1S/C18H21ClN8O2/c1-27-16-14(25-26-27)15(21-9-6-7-11(19)10(8-9)17(28)29)23-18(24-16)22-13-5-3-2-4-12(13)20/h6-8,12-13H,2-5,20H2,1H3,(H,28,29)(H2,21,22,23,24). The van der Waals surface area contributed by atoms with Crippen molar-refractivity contribution in [3.05, 3.63) is 28.8 Å². The number of nitrogens with zero attached hydrogens (tertiary/aromatic N) is 5. The van der Waals surface area contributed by atoms with Gasteiger partial charge in [-0.25, -0.2) is 9.48 Å². The number of aryl methyl sites for hydroxylation is 1. The predicted octanol–water partition coefficient (Wildman–Crippen LogP) is 2.54. The minimum Gasteiger partial charge on any atom is -0.478 e. The monoisotopic (exact) mass is 416 g/mol. The van der Waals surface area contributed by atoms with Crippen LogP contribution >= 0.6 is 11.6 Å². The molecule has 2 heterocycles. The number of rotatable bonds is 5. The summed E-state index contributed by atoms with van der Waals surface area (Å²) in [5, 5.41) is 24.0. The molecule has 152 valence electrons. The number of nitrogens with two attached hydrogens (primary N) is 1. The molecule has 1 aromatic carbocycles. The summed E-state index contributed by atoms with van der Waals surface area (Å²) in [6.45, 7) is 0. The SMILES string of the molecule is Cn1nnc2c(Nc3ccc(Cl)c(C(=O)O)c3)nc(NC3CCCCC3N)nc21. The third-order valence-corrected chi connectivity index (χ3v) is 5.37. The van der Waals surface area contributed by atoms with Gasteiger partial charge in [0.2, 0.25) is 5.95 Å². The lowest BCUT2D eigenvalue weighted by Gasteiger charge is -2.29. The van der Waals surface area contributed by atoms with Crippen LogP contribution in [0.15, 0.2) is 18.2 Å². The predicted molar refractivity (Wildman–Crippen MR) is 110 cm³/mol. The van der Waals surface area contributed by atoms with E-state index >= 15 is 0 Å². The van der Waals surface area contributed by atoms with Crippen LogP contribution in [-0.4, -0.2) is 48.1 Å². The molecule has 1 aliphatic carbocycles. The van der Waals surface area contributed by atoms with Crippen molar-refractivity contribution in [3.8, 4) is 0 Å². The van der Waals surface area contributed by atoms with Crippen LogP contribution in [0.3, 0.4) is 0 Å². The number of nitrogens with one attached hydrogen (secondary N) is 2. The first-order chi connectivity index (χ1) is 13.9. The highest BCUT2D eigenvalue weighted by Gasteiger charge is 2.23. The number of carboxylic acid groups (broad SMARTS) is 1. The maximum Gasteiger partial charge on any atom is 0.337 e. The highest BCUT2D eigenvalue weighted by atomic mass is 35.5. The summed E-state index contributed by atoms with van der Waals surface area (Å²) in [6, 6.07) is 4.76. The first kappa shape index (κ1) is 19.3. The van der Waals surface area contributed by atoms with E-state index in [1.807, 2.05) is 0 Å². The molecule has 29 heavy (non-hydrogen) atoms. The zero-order valence-electron chi connectivity index (χ0n) is 15.8. The maximum absolute atomic E-state index is 11.4. The number of benzene rings is 1. The fourth-order valence-electron chi connectivity index (χ4n) is 3.47. The lowest BCUT2D eigenvalue weighted by Crippen LogP contribution is -2.43. The van der Waals surface area contributed by atoms with E-state index in [1.165, 1.54) is 12.1 Å². The number of hydrogen-bond acceptors (Lipinski definition) is 8. The Labute approximate surface area is 171 Å². The Morgan fingerprint density at radius 3 is 2.86 bits per heavy atom. The summed E-state index contributed by atoms with van der Waals surface area (Å²) in [5.74, 6) is -0.284. The van der Waals surface area contributed by atoms with E-state index < -0.39 is 5.97 Å². The molecule has 4 rings (SSSR count). The van der Waals surface area contributed by atoms with Crippen LogP contribution < -0.4 is 16.4 Å². The smallest absolute Gasteiger partial charge is 0.337 e. The van der Waals surface area contributed by atoms with Gasteiger partial charge in [0.1, 0.15) is 0 Å². The van der Waals surface area contributed by atoms with Crippen molar-refractivity contribution in [1.29, 1.82) is 0 Å². The second kappa shape index (κ2) is 7.80. The lowest BCUT2D eigenvalue weighted by molar-refractivity contribution is 0.0697. The third kappa shape index (κ3) is 3.94. The van der Waals surface area contributed by atoms with Gasteiger partial charge >= 0.3 is 5.97 Å². The Bertz CT molecular complexity index is 1070. The first-order valence-electron chi connectivity index (χ1n) is 9.32. The molecule has 0 saturated heterocycles.